The average Bonchev–Trinajstić information content (AvgIpc) is 2.38. The van der Waals surface area contributed by atoms with Crippen LogP contribution in [0.1, 0.15) is 18.1 Å². The van der Waals surface area contributed by atoms with Crippen LogP contribution in [0.3, 0.4) is 0 Å². The number of nitro benzene ring substituents is 1. The molecule has 1 aromatic carbocycles. The number of hydrogen-bond acceptors (Lipinski definition) is 5. The van der Waals surface area contributed by atoms with E-state index in [4.69, 9.17) is 16.3 Å². The van der Waals surface area contributed by atoms with E-state index >= 15 is 0 Å². The lowest BCUT2D eigenvalue weighted by molar-refractivity contribution is -0.385. The topological polar surface area (TPSA) is 78.2 Å². The van der Waals surface area contributed by atoms with Crippen LogP contribution >= 0.6 is 11.6 Å². The van der Waals surface area contributed by atoms with Gasteiger partial charge in [0.25, 0.3) is 5.69 Å². The van der Waals surface area contributed by atoms with Crippen LogP contribution in [0.5, 0.6) is 11.6 Å². The molecule has 0 bridgehead atoms. The minimum Gasteiger partial charge on any atom is -0.439 e. The normalized spacial score (nSPS) is 10.3. The molecule has 1 aromatic heterocycles. The maximum atomic E-state index is 10.8. The number of nitro groups is 1. The predicted octanol–water partition coefficient (Wildman–Crippen LogP) is 3.70. The number of ether oxygens (including phenoxy) is 1. The summed E-state index contributed by atoms with van der Waals surface area (Å²) < 4.78 is 5.64. The molecule has 0 saturated heterocycles. The summed E-state index contributed by atoms with van der Waals surface area (Å²) in [6, 6.07) is 4.52. The molecular weight excluding hydrogens is 282 g/mol. The van der Waals surface area contributed by atoms with E-state index in [1.807, 2.05) is 6.92 Å². The van der Waals surface area contributed by atoms with E-state index in [0.717, 1.165) is 0 Å². The van der Waals surface area contributed by atoms with Crippen molar-refractivity contribution in [3.8, 4) is 11.6 Å². The minimum atomic E-state index is -0.432. The standard InChI is InChI=1S/C13H12ClN3O3/c1-3-10-12(14)15-7-16-13(10)20-9-4-5-11(17(18)19)8(2)6-9/h4-7H,3H2,1-2H3. The molecule has 20 heavy (non-hydrogen) atoms. The highest BCUT2D eigenvalue weighted by atomic mass is 35.5. The largest absolute Gasteiger partial charge is 0.439 e. The van der Waals surface area contributed by atoms with Crippen LogP contribution in [0.4, 0.5) is 5.69 Å². The Morgan fingerprint density at radius 2 is 2.15 bits per heavy atom. The number of hydrogen-bond donors (Lipinski definition) is 0. The Labute approximate surface area is 120 Å². The lowest BCUT2D eigenvalue weighted by Crippen LogP contribution is -1.97. The third-order valence-corrected chi connectivity index (χ3v) is 3.11. The third kappa shape index (κ3) is 2.85. The summed E-state index contributed by atoms with van der Waals surface area (Å²) in [6.45, 7) is 3.57. The molecular formula is C13H12ClN3O3. The summed E-state index contributed by atoms with van der Waals surface area (Å²) in [5.74, 6) is 0.832. The summed E-state index contributed by atoms with van der Waals surface area (Å²) in [5, 5.41) is 11.1. The number of rotatable bonds is 4. The number of aryl methyl sites for hydroxylation is 1. The summed E-state index contributed by atoms with van der Waals surface area (Å²) >= 11 is 5.97. The highest BCUT2D eigenvalue weighted by molar-refractivity contribution is 6.30. The zero-order valence-electron chi connectivity index (χ0n) is 11.0. The predicted molar refractivity (Wildman–Crippen MR) is 74.3 cm³/mol. The van der Waals surface area contributed by atoms with Gasteiger partial charge >= 0.3 is 0 Å². The van der Waals surface area contributed by atoms with E-state index in [1.165, 1.54) is 18.5 Å². The molecule has 1 heterocycles. The second kappa shape index (κ2) is 5.83. The molecule has 0 atom stereocenters. The van der Waals surface area contributed by atoms with Crippen LogP contribution in [0.2, 0.25) is 5.15 Å². The van der Waals surface area contributed by atoms with Gasteiger partial charge in [-0.25, -0.2) is 9.97 Å². The number of halogens is 1. The zero-order chi connectivity index (χ0) is 14.7. The van der Waals surface area contributed by atoms with Gasteiger partial charge in [-0.3, -0.25) is 10.1 Å². The first-order valence-electron chi connectivity index (χ1n) is 5.95. The maximum absolute atomic E-state index is 10.8. The quantitative estimate of drug-likeness (QED) is 0.488. The molecule has 6 nitrogen and oxygen atoms in total. The molecule has 7 heteroatoms. The van der Waals surface area contributed by atoms with Crippen LogP contribution in [0.25, 0.3) is 0 Å². The first-order chi connectivity index (χ1) is 9.52. The van der Waals surface area contributed by atoms with Crippen molar-refractivity contribution in [1.29, 1.82) is 0 Å². The van der Waals surface area contributed by atoms with Crippen molar-refractivity contribution in [3.63, 3.8) is 0 Å². The van der Waals surface area contributed by atoms with Crippen LogP contribution in [0.15, 0.2) is 24.5 Å². The molecule has 0 amide bonds. The Kier molecular flexibility index (Phi) is 4.14. The summed E-state index contributed by atoms with van der Waals surface area (Å²) in [4.78, 5) is 18.3. The van der Waals surface area contributed by atoms with E-state index in [-0.39, 0.29) is 5.69 Å². The Bertz CT molecular complexity index is 661. The molecule has 0 saturated carbocycles. The monoisotopic (exact) mass is 293 g/mol. The van der Waals surface area contributed by atoms with Crippen molar-refractivity contribution in [2.24, 2.45) is 0 Å². The van der Waals surface area contributed by atoms with Gasteiger partial charge in [0.05, 0.1) is 10.5 Å². The first-order valence-corrected chi connectivity index (χ1v) is 6.33. The lowest BCUT2D eigenvalue weighted by Gasteiger charge is -2.09. The summed E-state index contributed by atoms with van der Waals surface area (Å²) in [5.41, 5.74) is 1.27. The van der Waals surface area contributed by atoms with Crippen molar-refractivity contribution < 1.29 is 9.66 Å². The van der Waals surface area contributed by atoms with E-state index in [2.05, 4.69) is 9.97 Å². The van der Waals surface area contributed by atoms with Crippen LogP contribution < -0.4 is 4.74 Å². The zero-order valence-corrected chi connectivity index (χ0v) is 11.7. The van der Waals surface area contributed by atoms with Crippen LogP contribution in [-0.4, -0.2) is 14.9 Å². The fourth-order valence-corrected chi connectivity index (χ4v) is 2.03. The molecule has 104 valence electrons. The van der Waals surface area contributed by atoms with Crippen molar-refractivity contribution >= 4 is 17.3 Å². The second-order valence-corrected chi connectivity index (χ2v) is 4.47. The molecule has 0 spiro atoms. The number of nitrogens with zero attached hydrogens (tertiary/aromatic N) is 3. The molecule has 2 aromatic rings. The molecule has 0 radical (unpaired) electrons. The van der Waals surface area contributed by atoms with E-state index in [9.17, 15) is 10.1 Å². The van der Waals surface area contributed by atoms with Gasteiger partial charge in [-0.05, 0) is 25.5 Å². The smallest absolute Gasteiger partial charge is 0.272 e. The Morgan fingerprint density at radius 3 is 2.75 bits per heavy atom. The van der Waals surface area contributed by atoms with E-state index in [0.29, 0.717) is 34.3 Å². The van der Waals surface area contributed by atoms with Crippen molar-refractivity contribution in [2.45, 2.75) is 20.3 Å². The average molecular weight is 294 g/mol. The van der Waals surface area contributed by atoms with Crippen molar-refractivity contribution in [2.75, 3.05) is 0 Å². The Hall–Kier alpha value is -2.21. The van der Waals surface area contributed by atoms with Gasteiger partial charge in [-0.2, -0.15) is 0 Å². The maximum Gasteiger partial charge on any atom is 0.272 e. The van der Waals surface area contributed by atoms with Gasteiger partial charge in [0.1, 0.15) is 17.2 Å². The highest BCUT2D eigenvalue weighted by Gasteiger charge is 2.14. The fraction of sp³-hybridized carbons (Fsp3) is 0.231. The van der Waals surface area contributed by atoms with E-state index < -0.39 is 4.92 Å². The first kappa shape index (κ1) is 14.2. The van der Waals surface area contributed by atoms with E-state index in [1.54, 1.807) is 13.0 Å². The third-order valence-electron chi connectivity index (χ3n) is 2.79. The van der Waals surface area contributed by atoms with Crippen molar-refractivity contribution in [1.82, 2.24) is 9.97 Å². The van der Waals surface area contributed by atoms with Crippen molar-refractivity contribution in [3.05, 3.63) is 50.9 Å². The van der Waals surface area contributed by atoms with Gasteiger partial charge in [-0.15, -0.1) is 0 Å². The Balaban J connectivity index is 2.34. The fourth-order valence-electron chi connectivity index (χ4n) is 1.77. The van der Waals surface area contributed by atoms with Crippen LogP contribution in [0, 0.1) is 17.0 Å². The minimum absolute atomic E-state index is 0.0498. The Morgan fingerprint density at radius 1 is 1.40 bits per heavy atom. The van der Waals surface area contributed by atoms with Gasteiger partial charge in [0, 0.05) is 11.6 Å². The van der Waals surface area contributed by atoms with Gasteiger partial charge in [0.2, 0.25) is 5.88 Å². The number of aromatic nitrogens is 2. The summed E-state index contributed by atoms with van der Waals surface area (Å²) in [6.07, 6.45) is 1.94. The van der Waals surface area contributed by atoms with Gasteiger partial charge in [0.15, 0.2) is 0 Å². The molecule has 0 aliphatic carbocycles. The molecule has 0 aliphatic rings. The molecule has 0 aliphatic heterocycles. The van der Waals surface area contributed by atoms with Gasteiger partial charge < -0.3 is 4.74 Å². The summed E-state index contributed by atoms with van der Waals surface area (Å²) in [7, 11) is 0. The molecule has 2 rings (SSSR count). The number of benzene rings is 1. The molecule has 0 fully saturated rings. The molecule has 0 unspecified atom stereocenters. The van der Waals surface area contributed by atoms with Crippen LogP contribution in [-0.2, 0) is 6.42 Å². The lowest BCUT2D eigenvalue weighted by atomic mass is 10.2. The second-order valence-electron chi connectivity index (χ2n) is 4.11. The van der Waals surface area contributed by atoms with Gasteiger partial charge in [-0.1, -0.05) is 18.5 Å². The highest BCUT2D eigenvalue weighted by Crippen LogP contribution is 2.29. The molecule has 0 N–H and O–H groups in total. The SMILES string of the molecule is CCc1c(Cl)ncnc1Oc1ccc([N+](=O)[O-])c(C)c1.